The Morgan fingerprint density at radius 1 is 1.14 bits per heavy atom. The van der Waals surface area contributed by atoms with Crippen molar-refractivity contribution < 1.29 is 13.9 Å². The molecule has 112 valence electrons. The molecule has 0 fully saturated rings. The van der Waals surface area contributed by atoms with Gasteiger partial charge in [0.1, 0.15) is 17.4 Å². The molecule has 0 aliphatic carbocycles. The molecule has 0 aliphatic heterocycles. The second-order valence-electron chi connectivity index (χ2n) is 4.67. The van der Waals surface area contributed by atoms with Gasteiger partial charge in [-0.1, -0.05) is 33.6 Å². The zero-order valence-electron chi connectivity index (χ0n) is 12.6. The molecule has 0 atom stereocenters. The van der Waals surface area contributed by atoms with Gasteiger partial charge in [0.25, 0.3) is 0 Å². The average Bonchev–Trinajstić information content (AvgIpc) is 2.44. The minimum atomic E-state index is -0.877. The number of hydrogen-bond acceptors (Lipinski definition) is 2. The molecular weight excluding hydrogens is 272 g/mol. The normalized spacial score (nSPS) is 10.2. The standard InChI is InChI=1S/C15H13F2NO.C2H6/c1-4-8-10(16)6-11(17)14-13(8)9(7(2)3)5-12(18)15(14)19;1-2/h1,5-7,19H,18H2,2-3H3;1-2H3. The summed E-state index contributed by atoms with van der Waals surface area (Å²) in [5, 5.41) is 9.98. The first kappa shape index (κ1) is 16.8. The summed E-state index contributed by atoms with van der Waals surface area (Å²) in [5.41, 5.74) is 6.26. The molecule has 0 bridgehead atoms. The molecule has 0 aromatic heterocycles. The fraction of sp³-hybridized carbons (Fsp3) is 0.294. The quantitative estimate of drug-likeness (QED) is 0.460. The van der Waals surface area contributed by atoms with Crippen molar-refractivity contribution in [3.8, 4) is 18.1 Å². The molecule has 0 saturated carbocycles. The molecule has 0 saturated heterocycles. The molecular formula is C17H19F2NO. The number of terminal acetylenes is 1. The Kier molecular flexibility index (Phi) is 5.15. The number of aromatic hydroxyl groups is 1. The molecule has 2 rings (SSSR count). The van der Waals surface area contributed by atoms with Crippen molar-refractivity contribution in [3.05, 3.63) is 34.9 Å². The lowest BCUT2D eigenvalue weighted by Gasteiger charge is -2.16. The number of phenols is 1. The monoisotopic (exact) mass is 291 g/mol. The minimum absolute atomic E-state index is 0.0429. The third-order valence-corrected chi connectivity index (χ3v) is 3.11. The van der Waals surface area contributed by atoms with Crippen molar-refractivity contribution in [1.29, 1.82) is 0 Å². The van der Waals surface area contributed by atoms with Crippen LogP contribution < -0.4 is 5.73 Å². The van der Waals surface area contributed by atoms with Crippen LogP contribution in [0, 0.1) is 24.0 Å². The molecule has 0 spiro atoms. The van der Waals surface area contributed by atoms with Gasteiger partial charge in [0, 0.05) is 11.5 Å². The Morgan fingerprint density at radius 2 is 1.71 bits per heavy atom. The van der Waals surface area contributed by atoms with E-state index in [9.17, 15) is 13.9 Å². The van der Waals surface area contributed by atoms with Crippen LogP contribution in [0.1, 0.15) is 44.7 Å². The molecule has 2 aromatic carbocycles. The highest BCUT2D eigenvalue weighted by molar-refractivity contribution is 5.99. The van der Waals surface area contributed by atoms with Gasteiger partial charge in [-0.05, 0) is 17.5 Å². The predicted molar refractivity (Wildman–Crippen MR) is 83.3 cm³/mol. The Bertz CT molecular complexity index is 715. The van der Waals surface area contributed by atoms with Crippen molar-refractivity contribution in [2.24, 2.45) is 0 Å². The molecule has 4 heteroatoms. The highest BCUT2D eigenvalue weighted by Crippen LogP contribution is 2.40. The summed E-state index contributed by atoms with van der Waals surface area (Å²) < 4.78 is 27.7. The van der Waals surface area contributed by atoms with E-state index in [-0.39, 0.29) is 27.9 Å². The van der Waals surface area contributed by atoms with Crippen LogP contribution in [0.25, 0.3) is 10.8 Å². The van der Waals surface area contributed by atoms with E-state index >= 15 is 0 Å². The van der Waals surface area contributed by atoms with E-state index in [2.05, 4.69) is 5.92 Å². The molecule has 0 heterocycles. The molecule has 0 amide bonds. The van der Waals surface area contributed by atoms with E-state index in [4.69, 9.17) is 12.2 Å². The van der Waals surface area contributed by atoms with E-state index in [0.29, 0.717) is 11.6 Å². The van der Waals surface area contributed by atoms with Gasteiger partial charge < -0.3 is 10.8 Å². The number of rotatable bonds is 1. The molecule has 2 aromatic rings. The van der Waals surface area contributed by atoms with E-state index < -0.39 is 17.4 Å². The first-order valence-corrected chi connectivity index (χ1v) is 6.78. The summed E-state index contributed by atoms with van der Waals surface area (Å²) in [6.07, 6.45) is 5.30. The van der Waals surface area contributed by atoms with E-state index in [1.165, 1.54) is 6.07 Å². The Labute approximate surface area is 123 Å². The number of anilines is 1. The van der Waals surface area contributed by atoms with Crippen LogP contribution in [0.2, 0.25) is 0 Å². The second-order valence-corrected chi connectivity index (χ2v) is 4.67. The third kappa shape index (κ3) is 2.78. The van der Waals surface area contributed by atoms with Crippen LogP contribution >= 0.6 is 0 Å². The third-order valence-electron chi connectivity index (χ3n) is 3.11. The molecule has 0 aliphatic rings. The van der Waals surface area contributed by atoms with Crippen molar-refractivity contribution in [3.63, 3.8) is 0 Å². The molecule has 0 unspecified atom stereocenters. The Hall–Kier alpha value is -2.28. The summed E-state index contributed by atoms with van der Waals surface area (Å²) in [5.74, 6) is 0.0646. The van der Waals surface area contributed by atoms with Crippen LogP contribution in [0.4, 0.5) is 14.5 Å². The maximum atomic E-state index is 13.9. The van der Waals surface area contributed by atoms with Gasteiger partial charge >= 0.3 is 0 Å². The number of fused-ring (bicyclic) bond motifs is 1. The number of phenolic OH excluding ortho intramolecular Hbond substituents is 1. The lowest BCUT2D eigenvalue weighted by molar-refractivity contribution is 0.480. The second kappa shape index (κ2) is 6.45. The van der Waals surface area contributed by atoms with Gasteiger partial charge in [-0.3, -0.25) is 0 Å². The fourth-order valence-corrected chi connectivity index (χ4v) is 2.19. The van der Waals surface area contributed by atoms with Gasteiger partial charge in [0.15, 0.2) is 0 Å². The van der Waals surface area contributed by atoms with Gasteiger partial charge in [-0.15, -0.1) is 6.42 Å². The van der Waals surface area contributed by atoms with Crippen molar-refractivity contribution >= 4 is 16.5 Å². The molecule has 2 nitrogen and oxygen atoms in total. The maximum absolute atomic E-state index is 13.9. The first-order valence-electron chi connectivity index (χ1n) is 6.78. The number of halogens is 2. The van der Waals surface area contributed by atoms with Crippen molar-refractivity contribution in [2.45, 2.75) is 33.6 Å². The van der Waals surface area contributed by atoms with Crippen LogP contribution in [-0.2, 0) is 0 Å². The van der Waals surface area contributed by atoms with Crippen molar-refractivity contribution in [1.82, 2.24) is 0 Å². The molecule has 0 radical (unpaired) electrons. The van der Waals surface area contributed by atoms with Gasteiger partial charge in [-0.25, -0.2) is 8.78 Å². The van der Waals surface area contributed by atoms with Crippen LogP contribution in [0.5, 0.6) is 5.75 Å². The predicted octanol–water partition coefficient (Wildman–Crippen LogP) is 4.54. The number of nitrogens with two attached hydrogens (primary N) is 1. The van der Waals surface area contributed by atoms with Crippen LogP contribution in [0.15, 0.2) is 12.1 Å². The van der Waals surface area contributed by atoms with E-state index in [1.807, 2.05) is 27.7 Å². The largest absolute Gasteiger partial charge is 0.505 e. The van der Waals surface area contributed by atoms with Crippen molar-refractivity contribution in [2.75, 3.05) is 5.73 Å². The Balaban J connectivity index is 0.00000106. The summed E-state index contributed by atoms with van der Waals surface area (Å²) in [6, 6.07) is 2.17. The van der Waals surface area contributed by atoms with Crippen LogP contribution in [-0.4, -0.2) is 5.11 Å². The average molecular weight is 291 g/mol. The van der Waals surface area contributed by atoms with Gasteiger partial charge in [-0.2, -0.15) is 0 Å². The summed E-state index contributed by atoms with van der Waals surface area (Å²) >= 11 is 0. The summed E-state index contributed by atoms with van der Waals surface area (Å²) in [6.45, 7) is 7.71. The summed E-state index contributed by atoms with van der Waals surface area (Å²) in [4.78, 5) is 0. The van der Waals surface area contributed by atoms with Gasteiger partial charge in [0.05, 0.1) is 16.6 Å². The lowest BCUT2D eigenvalue weighted by atomic mass is 9.91. The number of hydrogen-bond donors (Lipinski definition) is 2. The van der Waals surface area contributed by atoms with E-state index in [1.54, 1.807) is 0 Å². The first-order chi connectivity index (χ1) is 9.88. The van der Waals surface area contributed by atoms with Gasteiger partial charge in [0.2, 0.25) is 0 Å². The van der Waals surface area contributed by atoms with Crippen LogP contribution in [0.3, 0.4) is 0 Å². The summed E-state index contributed by atoms with van der Waals surface area (Å²) in [7, 11) is 0. The highest BCUT2D eigenvalue weighted by Gasteiger charge is 2.20. The Morgan fingerprint density at radius 3 is 2.19 bits per heavy atom. The smallest absolute Gasteiger partial charge is 0.149 e. The van der Waals surface area contributed by atoms with E-state index in [0.717, 1.165) is 0 Å². The topological polar surface area (TPSA) is 46.2 Å². The highest BCUT2D eigenvalue weighted by atomic mass is 19.1. The number of nitrogen functional groups attached to an aromatic ring is 1. The fourth-order valence-electron chi connectivity index (χ4n) is 2.19. The SMILES string of the molecule is C#Cc1c(F)cc(F)c2c(O)c(N)cc(C(C)C)c12.CC. The number of benzene rings is 2. The lowest BCUT2D eigenvalue weighted by Crippen LogP contribution is -2.00. The zero-order chi connectivity index (χ0) is 16.3. The zero-order valence-corrected chi connectivity index (χ0v) is 12.6. The molecule has 3 N–H and O–H groups in total. The maximum Gasteiger partial charge on any atom is 0.149 e. The molecule has 21 heavy (non-hydrogen) atoms. The minimum Gasteiger partial charge on any atom is -0.505 e.